The second-order valence-electron chi connectivity index (χ2n) is 4.41. The highest BCUT2D eigenvalue weighted by Gasteiger charge is 2.15. The van der Waals surface area contributed by atoms with Crippen molar-refractivity contribution < 1.29 is 9.50 Å². The van der Waals surface area contributed by atoms with Crippen LogP contribution in [0.25, 0.3) is 10.9 Å². The smallest absolute Gasteiger partial charge is 0.125 e. The predicted octanol–water partition coefficient (Wildman–Crippen LogP) is 3.41. The zero-order valence-corrected chi connectivity index (χ0v) is 9.74. The molecule has 0 saturated carbocycles. The number of hydrogen-bond donors (Lipinski definition) is 1. The molecule has 0 amide bonds. The van der Waals surface area contributed by atoms with E-state index in [1.807, 2.05) is 24.5 Å². The Morgan fingerprint density at radius 1 is 1.19 bits per heavy atom. The third-order valence-electron chi connectivity index (χ3n) is 2.78. The average Bonchev–Trinajstić information content (AvgIpc) is 2.55. The van der Waals surface area contributed by atoms with Crippen LogP contribution < -0.4 is 0 Å². The van der Waals surface area contributed by atoms with Crippen molar-refractivity contribution in [3.63, 3.8) is 0 Å². The standard InChI is InChI=1S/C13H16FNO/c1-8(2)15-12(9(3)16)6-10-4-5-11(14)7-13(10)15/h4-9,16H,1-3H3. The summed E-state index contributed by atoms with van der Waals surface area (Å²) in [5.74, 6) is -0.246. The van der Waals surface area contributed by atoms with Crippen molar-refractivity contribution in [3.05, 3.63) is 35.8 Å². The number of hydrogen-bond acceptors (Lipinski definition) is 1. The highest BCUT2D eigenvalue weighted by Crippen LogP contribution is 2.28. The molecule has 1 aromatic carbocycles. The van der Waals surface area contributed by atoms with Crippen molar-refractivity contribution in [1.82, 2.24) is 4.57 Å². The number of nitrogens with zero attached hydrogens (tertiary/aromatic N) is 1. The van der Waals surface area contributed by atoms with Crippen molar-refractivity contribution >= 4 is 10.9 Å². The van der Waals surface area contributed by atoms with Gasteiger partial charge in [0.15, 0.2) is 0 Å². The third kappa shape index (κ3) is 1.71. The fourth-order valence-electron chi connectivity index (χ4n) is 2.11. The van der Waals surface area contributed by atoms with Gasteiger partial charge < -0.3 is 9.67 Å². The van der Waals surface area contributed by atoms with E-state index in [-0.39, 0.29) is 11.9 Å². The van der Waals surface area contributed by atoms with Gasteiger partial charge in [-0.05, 0) is 45.0 Å². The van der Waals surface area contributed by atoms with E-state index >= 15 is 0 Å². The number of aliphatic hydroxyl groups excluding tert-OH is 1. The predicted molar refractivity (Wildman–Crippen MR) is 62.9 cm³/mol. The normalized spacial score (nSPS) is 13.6. The molecule has 3 heteroatoms. The van der Waals surface area contributed by atoms with Gasteiger partial charge in [0.25, 0.3) is 0 Å². The highest BCUT2D eigenvalue weighted by molar-refractivity contribution is 5.81. The first-order valence-corrected chi connectivity index (χ1v) is 5.49. The number of aliphatic hydroxyl groups is 1. The SMILES string of the molecule is CC(O)c1cc2ccc(F)cc2n1C(C)C. The molecule has 0 aliphatic heterocycles. The Morgan fingerprint density at radius 2 is 1.88 bits per heavy atom. The van der Waals surface area contributed by atoms with Crippen LogP contribution in [-0.2, 0) is 0 Å². The second kappa shape index (κ2) is 3.91. The van der Waals surface area contributed by atoms with E-state index < -0.39 is 6.10 Å². The molecule has 0 saturated heterocycles. The Bertz CT molecular complexity index is 514. The molecule has 1 heterocycles. The number of benzene rings is 1. The molecule has 1 atom stereocenters. The van der Waals surface area contributed by atoms with Crippen molar-refractivity contribution in [3.8, 4) is 0 Å². The minimum Gasteiger partial charge on any atom is -0.387 e. The summed E-state index contributed by atoms with van der Waals surface area (Å²) >= 11 is 0. The van der Waals surface area contributed by atoms with Crippen molar-refractivity contribution in [2.24, 2.45) is 0 Å². The summed E-state index contributed by atoms with van der Waals surface area (Å²) in [6, 6.07) is 6.82. The fourth-order valence-corrected chi connectivity index (χ4v) is 2.11. The maximum Gasteiger partial charge on any atom is 0.125 e. The average molecular weight is 221 g/mol. The van der Waals surface area contributed by atoms with Crippen molar-refractivity contribution in [1.29, 1.82) is 0 Å². The minimum absolute atomic E-state index is 0.198. The summed E-state index contributed by atoms with van der Waals surface area (Å²) in [4.78, 5) is 0. The third-order valence-corrected chi connectivity index (χ3v) is 2.78. The van der Waals surface area contributed by atoms with E-state index in [2.05, 4.69) is 0 Å². The second-order valence-corrected chi connectivity index (χ2v) is 4.41. The van der Waals surface area contributed by atoms with Gasteiger partial charge in [-0.15, -0.1) is 0 Å². The number of aromatic nitrogens is 1. The summed E-state index contributed by atoms with van der Waals surface area (Å²) in [7, 11) is 0. The van der Waals surface area contributed by atoms with Crippen LogP contribution in [0.4, 0.5) is 4.39 Å². The maximum absolute atomic E-state index is 13.2. The fraction of sp³-hybridized carbons (Fsp3) is 0.385. The van der Waals surface area contributed by atoms with Crippen LogP contribution in [0, 0.1) is 5.82 Å². The van der Waals surface area contributed by atoms with Gasteiger partial charge >= 0.3 is 0 Å². The lowest BCUT2D eigenvalue weighted by Gasteiger charge is -2.16. The van der Waals surface area contributed by atoms with Gasteiger partial charge in [0, 0.05) is 17.1 Å². The van der Waals surface area contributed by atoms with Crippen molar-refractivity contribution in [2.45, 2.75) is 32.9 Å². The van der Waals surface area contributed by atoms with E-state index in [1.54, 1.807) is 13.0 Å². The molecular weight excluding hydrogens is 205 g/mol. The van der Waals surface area contributed by atoms with Crippen LogP contribution >= 0.6 is 0 Å². The van der Waals surface area contributed by atoms with Crippen LogP contribution in [0.15, 0.2) is 24.3 Å². The zero-order chi connectivity index (χ0) is 11.9. The molecule has 2 nitrogen and oxygen atoms in total. The van der Waals surface area contributed by atoms with E-state index in [9.17, 15) is 9.50 Å². The van der Waals surface area contributed by atoms with E-state index in [0.717, 1.165) is 16.6 Å². The molecule has 0 aliphatic rings. The van der Waals surface area contributed by atoms with Gasteiger partial charge in [0.2, 0.25) is 0 Å². The largest absolute Gasteiger partial charge is 0.387 e. The van der Waals surface area contributed by atoms with Gasteiger partial charge in [-0.3, -0.25) is 0 Å². The van der Waals surface area contributed by atoms with Gasteiger partial charge in [0.05, 0.1) is 11.6 Å². The first-order chi connectivity index (χ1) is 7.50. The molecular formula is C13H16FNO. The Morgan fingerprint density at radius 3 is 2.44 bits per heavy atom. The lowest BCUT2D eigenvalue weighted by molar-refractivity contribution is 0.188. The number of rotatable bonds is 2. The summed E-state index contributed by atoms with van der Waals surface area (Å²) < 4.78 is 15.2. The minimum atomic E-state index is -0.544. The van der Waals surface area contributed by atoms with Crippen LogP contribution in [0.2, 0.25) is 0 Å². The highest BCUT2D eigenvalue weighted by atomic mass is 19.1. The van der Waals surface area contributed by atoms with Gasteiger partial charge in [-0.1, -0.05) is 0 Å². The summed E-state index contributed by atoms with van der Waals surface area (Å²) in [6.45, 7) is 5.77. The summed E-state index contributed by atoms with van der Waals surface area (Å²) in [5, 5.41) is 10.7. The lowest BCUT2D eigenvalue weighted by atomic mass is 10.2. The Balaban J connectivity index is 2.77. The molecule has 0 fully saturated rings. The Kier molecular flexibility index (Phi) is 2.72. The number of fused-ring (bicyclic) bond motifs is 1. The van der Waals surface area contributed by atoms with Crippen LogP contribution in [0.1, 0.15) is 38.6 Å². The molecule has 0 radical (unpaired) electrons. The van der Waals surface area contributed by atoms with E-state index in [4.69, 9.17) is 0 Å². The summed E-state index contributed by atoms with van der Waals surface area (Å²) in [5.41, 5.74) is 1.67. The maximum atomic E-state index is 13.2. The topological polar surface area (TPSA) is 25.2 Å². The molecule has 0 bridgehead atoms. The summed E-state index contributed by atoms with van der Waals surface area (Å²) in [6.07, 6.45) is -0.544. The number of halogens is 1. The molecule has 1 unspecified atom stereocenters. The molecule has 2 rings (SSSR count). The molecule has 1 aromatic heterocycles. The molecule has 0 aliphatic carbocycles. The molecule has 2 aromatic rings. The van der Waals surface area contributed by atoms with Crippen LogP contribution in [0.5, 0.6) is 0 Å². The van der Waals surface area contributed by atoms with Gasteiger partial charge in [-0.25, -0.2) is 4.39 Å². The first kappa shape index (κ1) is 11.1. The molecule has 86 valence electrons. The molecule has 1 N–H and O–H groups in total. The van der Waals surface area contributed by atoms with Crippen LogP contribution in [-0.4, -0.2) is 9.67 Å². The zero-order valence-electron chi connectivity index (χ0n) is 9.74. The first-order valence-electron chi connectivity index (χ1n) is 5.49. The van der Waals surface area contributed by atoms with Crippen LogP contribution in [0.3, 0.4) is 0 Å². The van der Waals surface area contributed by atoms with Gasteiger partial charge in [-0.2, -0.15) is 0 Å². The van der Waals surface area contributed by atoms with Crippen molar-refractivity contribution in [2.75, 3.05) is 0 Å². The lowest BCUT2D eigenvalue weighted by Crippen LogP contribution is -2.07. The van der Waals surface area contributed by atoms with Gasteiger partial charge in [0.1, 0.15) is 5.82 Å². The quantitative estimate of drug-likeness (QED) is 0.826. The molecule has 16 heavy (non-hydrogen) atoms. The van der Waals surface area contributed by atoms with E-state index in [1.165, 1.54) is 12.1 Å². The Hall–Kier alpha value is -1.35. The van der Waals surface area contributed by atoms with E-state index in [0.29, 0.717) is 0 Å². The Labute approximate surface area is 94.3 Å². The monoisotopic (exact) mass is 221 g/mol. The molecule has 0 spiro atoms.